The Morgan fingerprint density at radius 1 is 1.21 bits per heavy atom. The first kappa shape index (κ1) is 13.8. The Labute approximate surface area is 115 Å². The van der Waals surface area contributed by atoms with Crippen LogP contribution in [0.2, 0.25) is 0 Å². The van der Waals surface area contributed by atoms with Crippen molar-refractivity contribution in [3.8, 4) is 11.3 Å². The highest BCUT2D eigenvalue weighted by Gasteiger charge is 2.12. The van der Waals surface area contributed by atoms with Crippen LogP contribution in [0.3, 0.4) is 0 Å². The number of nitrogens with zero attached hydrogens (tertiary/aromatic N) is 2. The van der Waals surface area contributed by atoms with Gasteiger partial charge >= 0.3 is 0 Å². The Bertz CT molecular complexity index is 550. The molecule has 19 heavy (non-hydrogen) atoms. The van der Waals surface area contributed by atoms with Gasteiger partial charge < -0.3 is 5.73 Å². The third-order valence-corrected chi connectivity index (χ3v) is 3.49. The minimum absolute atomic E-state index is 0.529. The fourth-order valence-electron chi connectivity index (χ4n) is 2.49. The SMILES string of the molecule is Cc1c(-c2ccc(CC(C)C)cc2)nn(C)c1CN. The minimum Gasteiger partial charge on any atom is -0.325 e. The van der Waals surface area contributed by atoms with Crippen LogP contribution in [0.4, 0.5) is 0 Å². The lowest BCUT2D eigenvalue weighted by Crippen LogP contribution is -2.05. The van der Waals surface area contributed by atoms with E-state index in [-0.39, 0.29) is 0 Å². The summed E-state index contributed by atoms with van der Waals surface area (Å²) in [6.45, 7) is 7.10. The first-order valence-corrected chi connectivity index (χ1v) is 6.84. The van der Waals surface area contributed by atoms with Crippen molar-refractivity contribution in [2.24, 2.45) is 18.7 Å². The molecule has 0 aliphatic carbocycles. The molecule has 3 heteroatoms. The predicted octanol–water partition coefficient (Wildman–Crippen LogP) is 3.05. The quantitative estimate of drug-likeness (QED) is 0.915. The zero-order valence-electron chi connectivity index (χ0n) is 12.3. The largest absolute Gasteiger partial charge is 0.325 e. The van der Waals surface area contributed by atoms with Gasteiger partial charge in [-0.25, -0.2) is 0 Å². The van der Waals surface area contributed by atoms with Crippen LogP contribution in [-0.2, 0) is 20.0 Å². The monoisotopic (exact) mass is 257 g/mol. The molecule has 0 radical (unpaired) electrons. The molecular weight excluding hydrogens is 234 g/mol. The summed E-state index contributed by atoms with van der Waals surface area (Å²) < 4.78 is 1.88. The molecular formula is C16H23N3. The molecule has 0 saturated carbocycles. The van der Waals surface area contributed by atoms with Crippen molar-refractivity contribution in [1.82, 2.24) is 9.78 Å². The van der Waals surface area contributed by atoms with Gasteiger partial charge in [-0.15, -0.1) is 0 Å². The molecule has 1 aromatic heterocycles. The molecule has 0 bridgehead atoms. The Kier molecular flexibility index (Phi) is 4.05. The highest BCUT2D eigenvalue weighted by Crippen LogP contribution is 2.25. The lowest BCUT2D eigenvalue weighted by atomic mass is 10.00. The molecule has 0 spiro atoms. The van der Waals surface area contributed by atoms with E-state index in [0.29, 0.717) is 12.5 Å². The molecule has 2 rings (SSSR count). The fourth-order valence-corrected chi connectivity index (χ4v) is 2.49. The summed E-state index contributed by atoms with van der Waals surface area (Å²) in [5.74, 6) is 0.686. The standard InChI is InChI=1S/C16H23N3/c1-11(2)9-13-5-7-14(8-6-13)16-12(3)15(10-17)19(4)18-16/h5-8,11H,9-10,17H2,1-4H3. The van der Waals surface area contributed by atoms with Crippen molar-refractivity contribution in [3.05, 3.63) is 41.1 Å². The predicted molar refractivity (Wildman–Crippen MR) is 79.8 cm³/mol. The summed E-state index contributed by atoms with van der Waals surface area (Å²) in [7, 11) is 1.95. The van der Waals surface area contributed by atoms with Crippen LogP contribution < -0.4 is 5.73 Å². The lowest BCUT2D eigenvalue weighted by Gasteiger charge is -2.06. The molecule has 0 unspecified atom stereocenters. The average molecular weight is 257 g/mol. The summed E-state index contributed by atoms with van der Waals surface area (Å²) in [5, 5.41) is 4.58. The van der Waals surface area contributed by atoms with Gasteiger partial charge in [0, 0.05) is 19.2 Å². The number of nitrogens with two attached hydrogens (primary N) is 1. The van der Waals surface area contributed by atoms with E-state index in [1.807, 2.05) is 11.7 Å². The van der Waals surface area contributed by atoms with Crippen LogP contribution in [0.25, 0.3) is 11.3 Å². The number of hydrogen-bond donors (Lipinski definition) is 1. The van der Waals surface area contributed by atoms with Crippen LogP contribution in [0.5, 0.6) is 0 Å². The molecule has 3 nitrogen and oxygen atoms in total. The summed E-state index contributed by atoms with van der Waals surface area (Å²) in [4.78, 5) is 0. The summed E-state index contributed by atoms with van der Waals surface area (Å²) in [6.07, 6.45) is 1.12. The van der Waals surface area contributed by atoms with E-state index in [1.54, 1.807) is 0 Å². The third kappa shape index (κ3) is 2.87. The van der Waals surface area contributed by atoms with E-state index in [2.05, 4.69) is 50.1 Å². The van der Waals surface area contributed by atoms with Crippen molar-refractivity contribution in [2.75, 3.05) is 0 Å². The zero-order valence-corrected chi connectivity index (χ0v) is 12.3. The van der Waals surface area contributed by atoms with Crippen LogP contribution in [-0.4, -0.2) is 9.78 Å². The van der Waals surface area contributed by atoms with Crippen molar-refractivity contribution < 1.29 is 0 Å². The third-order valence-electron chi connectivity index (χ3n) is 3.49. The molecule has 102 valence electrons. The van der Waals surface area contributed by atoms with Gasteiger partial charge in [0.15, 0.2) is 0 Å². The molecule has 1 heterocycles. The minimum atomic E-state index is 0.529. The topological polar surface area (TPSA) is 43.8 Å². The van der Waals surface area contributed by atoms with Gasteiger partial charge in [0.05, 0.1) is 11.4 Å². The molecule has 2 N–H and O–H groups in total. The second-order valence-electron chi connectivity index (χ2n) is 5.54. The highest BCUT2D eigenvalue weighted by molar-refractivity contribution is 5.64. The molecule has 0 saturated heterocycles. The normalized spacial score (nSPS) is 11.3. The van der Waals surface area contributed by atoms with E-state index >= 15 is 0 Å². The Hall–Kier alpha value is -1.61. The Morgan fingerprint density at radius 2 is 1.84 bits per heavy atom. The second kappa shape index (κ2) is 5.57. The van der Waals surface area contributed by atoms with Crippen molar-refractivity contribution >= 4 is 0 Å². The number of benzene rings is 1. The van der Waals surface area contributed by atoms with Gasteiger partial charge in [0.2, 0.25) is 0 Å². The van der Waals surface area contributed by atoms with Crippen molar-refractivity contribution in [1.29, 1.82) is 0 Å². The summed E-state index contributed by atoms with van der Waals surface area (Å²) in [6, 6.07) is 8.72. The molecule has 2 aromatic rings. The smallest absolute Gasteiger partial charge is 0.0955 e. The first-order chi connectivity index (χ1) is 9.02. The van der Waals surface area contributed by atoms with Gasteiger partial charge in [-0.05, 0) is 30.4 Å². The zero-order chi connectivity index (χ0) is 14.0. The molecule has 1 aromatic carbocycles. The van der Waals surface area contributed by atoms with E-state index < -0.39 is 0 Å². The maximum atomic E-state index is 5.76. The number of aryl methyl sites for hydroxylation is 1. The number of hydrogen-bond acceptors (Lipinski definition) is 2. The second-order valence-corrected chi connectivity index (χ2v) is 5.54. The van der Waals surface area contributed by atoms with Crippen molar-refractivity contribution in [2.45, 2.75) is 33.7 Å². The number of aromatic nitrogens is 2. The van der Waals surface area contributed by atoms with Gasteiger partial charge in [0.1, 0.15) is 0 Å². The van der Waals surface area contributed by atoms with Crippen LogP contribution >= 0.6 is 0 Å². The maximum Gasteiger partial charge on any atom is 0.0955 e. The van der Waals surface area contributed by atoms with E-state index in [9.17, 15) is 0 Å². The van der Waals surface area contributed by atoms with E-state index in [4.69, 9.17) is 5.73 Å². The fraction of sp³-hybridized carbons (Fsp3) is 0.438. The molecule has 0 amide bonds. The average Bonchev–Trinajstić information content (AvgIpc) is 2.64. The van der Waals surface area contributed by atoms with Crippen LogP contribution in [0, 0.1) is 12.8 Å². The van der Waals surface area contributed by atoms with Gasteiger partial charge in [-0.1, -0.05) is 38.1 Å². The van der Waals surface area contributed by atoms with E-state index in [0.717, 1.165) is 17.8 Å². The van der Waals surface area contributed by atoms with Crippen molar-refractivity contribution in [3.63, 3.8) is 0 Å². The summed E-state index contributed by atoms with van der Waals surface area (Å²) in [5.41, 5.74) is 11.6. The van der Waals surface area contributed by atoms with Gasteiger partial charge in [-0.3, -0.25) is 4.68 Å². The number of rotatable bonds is 4. The Morgan fingerprint density at radius 3 is 2.32 bits per heavy atom. The molecule has 0 aliphatic heterocycles. The van der Waals surface area contributed by atoms with Gasteiger partial charge in [-0.2, -0.15) is 5.10 Å². The maximum absolute atomic E-state index is 5.76. The molecule has 0 atom stereocenters. The lowest BCUT2D eigenvalue weighted by molar-refractivity contribution is 0.647. The summed E-state index contributed by atoms with van der Waals surface area (Å²) >= 11 is 0. The van der Waals surface area contributed by atoms with Gasteiger partial charge in [0.25, 0.3) is 0 Å². The molecule has 0 aliphatic rings. The highest BCUT2D eigenvalue weighted by atomic mass is 15.3. The molecule has 0 fully saturated rings. The van der Waals surface area contributed by atoms with Crippen LogP contribution in [0.1, 0.15) is 30.7 Å². The Balaban J connectivity index is 2.32. The first-order valence-electron chi connectivity index (χ1n) is 6.84. The van der Waals surface area contributed by atoms with Crippen LogP contribution in [0.15, 0.2) is 24.3 Å². The van der Waals surface area contributed by atoms with E-state index in [1.165, 1.54) is 16.7 Å².